The first-order valence-electron chi connectivity index (χ1n) is 26.0. The average Bonchev–Trinajstić information content (AvgIpc) is 3.68. The van der Waals surface area contributed by atoms with Crippen molar-refractivity contribution in [1.29, 1.82) is 0 Å². The third-order valence-electron chi connectivity index (χ3n) is 14.8. The molecule has 10 rings (SSSR count). The summed E-state index contributed by atoms with van der Waals surface area (Å²) < 4.78 is 2.49. The highest BCUT2D eigenvalue weighted by Crippen LogP contribution is 2.40. The van der Waals surface area contributed by atoms with Crippen LogP contribution in [0.25, 0.3) is 72.4 Å². The average molecular weight is 907 g/mol. The van der Waals surface area contributed by atoms with Crippen molar-refractivity contribution in [1.82, 2.24) is 19.5 Å². The minimum absolute atomic E-state index is 0.0650. The zero-order valence-corrected chi connectivity index (χ0v) is 42.5. The van der Waals surface area contributed by atoms with Crippen molar-refractivity contribution >= 4 is 32.6 Å². The summed E-state index contributed by atoms with van der Waals surface area (Å²) in [5, 5.41) is 5.10. The fraction of sp³-hybridized carbons (Fsp3) is 0.338. The van der Waals surface area contributed by atoms with Crippen LogP contribution in [0.2, 0.25) is 0 Å². The smallest absolute Gasteiger partial charge is 0.164 e. The Kier molecular flexibility index (Phi) is 12.9. The molecular formula is C65H70N4. The van der Waals surface area contributed by atoms with Gasteiger partial charge < -0.3 is 4.57 Å². The van der Waals surface area contributed by atoms with Gasteiger partial charge in [0.15, 0.2) is 17.5 Å². The summed E-state index contributed by atoms with van der Waals surface area (Å²) in [5.74, 6) is 2.12. The minimum Gasteiger partial charge on any atom is -0.309 e. The Bertz CT molecular complexity index is 3160. The number of fused-ring (bicyclic) bond motifs is 6. The number of rotatable bonds is 14. The molecule has 69 heavy (non-hydrogen) atoms. The van der Waals surface area contributed by atoms with Crippen LogP contribution in [0.1, 0.15) is 151 Å². The van der Waals surface area contributed by atoms with Gasteiger partial charge in [-0.3, -0.25) is 0 Å². The summed E-state index contributed by atoms with van der Waals surface area (Å²) in [7, 11) is 0. The molecule has 1 aliphatic carbocycles. The first-order valence-corrected chi connectivity index (χ1v) is 26.0. The highest BCUT2D eigenvalue weighted by Gasteiger charge is 2.23. The maximum Gasteiger partial charge on any atom is 0.164 e. The van der Waals surface area contributed by atoms with Crippen molar-refractivity contribution in [3.63, 3.8) is 0 Å². The van der Waals surface area contributed by atoms with E-state index in [1.54, 1.807) is 0 Å². The second kappa shape index (κ2) is 19.2. The van der Waals surface area contributed by atoms with E-state index in [0.717, 1.165) is 42.4 Å². The van der Waals surface area contributed by atoms with E-state index < -0.39 is 0 Å². The van der Waals surface area contributed by atoms with Crippen molar-refractivity contribution in [2.24, 2.45) is 0 Å². The molecule has 2 heterocycles. The molecule has 0 saturated heterocycles. The number of hydrogen-bond acceptors (Lipinski definition) is 3. The summed E-state index contributed by atoms with van der Waals surface area (Å²) >= 11 is 0. The Morgan fingerprint density at radius 1 is 0.406 bits per heavy atom. The van der Waals surface area contributed by atoms with E-state index in [1.807, 2.05) is 0 Å². The molecule has 0 spiro atoms. The van der Waals surface area contributed by atoms with Gasteiger partial charge in [0.05, 0.1) is 11.0 Å². The Balaban J connectivity index is 0.973. The van der Waals surface area contributed by atoms with Crippen molar-refractivity contribution in [2.75, 3.05) is 0 Å². The van der Waals surface area contributed by atoms with Crippen LogP contribution < -0.4 is 0 Å². The summed E-state index contributed by atoms with van der Waals surface area (Å²) in [6.45, 7) is 18.4. The SMILES string of the molecule is CCCCCCc1ccc(-c2nc(-c3ccc(CCCCCC)cc3)nc(-c3ccc4cc5c(cc4c3)Cc3ccc(-n4c6ccc(C(C)(C)C)cc6c6cc(C(C)(C)C)ccc64)cc3C5)n2)cc1. The van der Waals surface area contributed by atoms with Gasteiger partial charge in [-0.2, -0.15) is 0 Å². The molecule has 0 amide bonds. The molecule has 0 atom stereocenters. The maximum absolute atomic E-state index is 5.19. The van der Waals surface area contributed by atoms with E-state index in [1.165, 1.54) is 134 Å². The Labute approximate surface area is 411 Å². The zero-order valence-electron chi connectivity index (χ0n) is 42.5. The molecule has 1 aliphatic rings. The fourth-order valence-electron chi connectivity index (χ4n) is 10.5. The van der Waals surface area contributed by atoms with Gasteiger partial charge in [0.2, 0.25) is 0 Å². The van der Waals surface area contributed by atoms with Gasteiger partial charge in [-0.05, 0) is 147 Å². The quantitative estimate of drug-likeness (QED) is 0.102. The third kappa shape index (κ3) is 9.78. The fourth-order valence-corrected chi connectivity index (χ4v) is 10.5. The second-order valence-electron chi connectivity index (χ2n) is 22.1. The molecule has 0 aliphatic heterocycles. The van der Waals surface area contributed by atoms with E-state index in [2.05, 4.69) is 193 Å². The van der Waals surface area contributed by atoms with Gasteiger partial charge in [0, 0.05) is 33.2 Å². The van der Waals surface area contributed by atoms with E-state index in [9.17, 15) is 0 Å². The number of benzene rings is 7. The normalized spacial score (nSPS) is 12.8. The number of nitrogens with zero attached hydrogens (tertiary/aromatic N) is 4. The van der Waals surface area contributed by atoms with Crippen LogP contribution in [0.15, 0.2) is 133 Å². The van der Waals surface area contributed by atoms with E-state index >= 15 is 0 Å². The van der Waals surface area contributed by atoms with Crippen molar-refractivity contribution in [3.8, 4) is 39.9 Å². The summed E-state index contributed by atoms with van der Waals surface area (Å²) in [4.78, 5) is 15.5. The largest absolute Gasteiger partial charge is 0.309 e. The van der Waals surface area contributed by atoms with Gasteiger partial charge in [-0.25, -0.2) is 15.0 Å². The predicted octanol–water partition coefficient (Wildman–Crippen LogP) is 17.5. The lowest BCUT2D eigenvalue weighted by atomic mass is 9.84. The van der Waals surface area contributed by atoms with Crippen LogP contribution in [0, 0.1) is 0 Å². The van der Waals surface area contributed by atoms with Crippen LogP contribution in [0.3, 0.4) is 0 Å². The van der Waals surface area contributed by atoms with Gasteiger partial charge >= 0.3 is 0 Å². The van der Waals surface area contributed by atoms with Gasteiger partial charge in [-0.1, -0.05) is 185 Å². The number of aromatic nitrogens is 4. The molecule has 4 heteroatoms. The van der Waals surface area contributed by atoms with E-state index in [0.29, 0.717) is 17.5 Å². The second-order valence-corrected chi connectivity index (χ2v) is 22.1. The van der Waals surface area contributed by atoms with Crippen LogP contribution in [0.4, 0.5) is 0 Å². The molecule has 0 radical (unpaired) electrons. The molecule has 7 aromatic carbocycles. The van der Waals surface area contributed by atoms with Crippen molar-refractivity contribution < 1.29 is 0 Å². The van der Waals surface area contributed by atoms with Crippen molar-refractivity contribution in [2.45, 2.75) is 143 Å². The highest BCUT2D eigenvalue weighted by atomic mass is 15.0. The lowest BCUT2D eigenvalue weighted by Crippen LogP contribution is -2.10. The summed E-state index contributed by atoms with van der Waals surface area (Å²) in [6, 6.07) is 50.8. The molecule has 9 aromatic rings. The minimum atomic E-state index is 0.0650. The standard InChI is InChI=1S/C65H70N4/c1-9-11-13-15-17-43-19-23-45(24-20-43)61-66-62(46-25-21-44(22-26-46)18-16-14-12-10-2)68-63(67-61)49-28-27-47-35-52-39-53-40-56(32-29-48(53)36-51(52)38-50(47)37-49)69-59-33-30-54(64(3,4)5)41-57(59)58-42-55(65(6,7)8)31-34-60(58)69/h19-35,37-38,40-42H,9-18,36,39H2,1-8H3. The van der Waals surface area contributed by atoms with Crippen LogP contribution in [-0.2, 0) is 36.5 Å². The van der Waals surface area contributed by atoms with Crippen LogP contribution in [0.5, 0.6) is 0 Å². The molecule has 4 nitrogen and oxygen atoms in total. The Hall–Kier alpha value is -6.39. The summed E-state index contributed by atoms with van der Waals surface area (Å²) in [6.07, 6.45) is 14.1. The molecule has 0 fully saturated rings. The lowest BCUT2D eigenvalue weighted by molar-refractivity contribution is 0.590. The Morgan fingerprint density at radius 2 is 0.870 bits per heavy atom. The van der Waals surface area contributed by atoms with Gasteiger partial charge in [0.1, 0.15) is 0 Å². The maximum atomic E-state index is 5.19. The third-order valence-corrected chi connectivity index (χ3v) is 14.8. The molecule has 0 unspecified atom stereocenters. The molecule has 0 bridgehead atoms. The van der Waals surface area contributed by atoms with Crippen molar-refractivity contribution in [3.05, 3.63) is 178 Å². The predicted molar refractivity (Wildman–Crippen MR) is 293 cm³/mol. The summed E-state index contributed by atoms with van der Waals surface area (Å²) in [5.41, 5.74) is 18.0. The van der Waals surface area contributed by atoms with Crippen LogP contribution in [-0.4, -0.2) is 19.5 Å². The van der Waals surface area contributed by atoms with E-state index in [-0.39, 0.29) is 10.8 Å². The van der Waals surface area contributed by atoms with Gasteiger partial charge in [-0.15, -0.1) is 0 Å². The molecular weight excluding hydrogens is 837 g/mol. The topological polar surface area (TPSA) is 43.6 Å². The zero-order chi connectivity index (χ0) is 47.9. The molecule has 350 valence electrons. The number of hydrogen-bond donors (Lipinski definition) is 0. The monoisotopic (exact) mass is 907 g/mol. The first kappa shape index (κ1) is 46.3. The molecule has 0 N–H and O–H groups in total. The van der Waals surface area contributed by atoms with Crippen LogP contribution >= 0.6 is 0 Å². The lowest BCUT2D eigenvalue weighted by Gasteiger charge is -2.22. The van der Waals surface area contributed by atoms with Gasteiger partial charge in [0.25, 0.3) is 0 Å². The number of unbranched alkanes of at least 4 members (excludes halogenated alkanes) is 6. The van der Waals surface area contributed by atoms with E-state index in [4.69, 9.17) is 15.0 Å². The highest BCUT2D eigenvalue weighted by molar-refractivity contribution is 6.10. The molecule has 2 aromatic heterocycles. The molecule has 0 saturated carbocycles. The first-order chi connectivity index (χ1) is 33.3. The Morgan fingerprint density at radius 3 is 1.38 bits per heavy atom. The number of aryl methyl sites for hydroxylation is 2.